The van der Waals surface area contributed by atoms with Crippen molar-refractivity contribution in [1.29, 1.82) is 0 Å². The highest BCUT2D eigenvalue weighted by Crippen LogP contribution is 2.61. The summed E-state index contributed by atoms with van der Waals surface area (Å²) in [5, 5.41) is 0. The summed E-state index contributed by atoms with van der Waals surface area (Å²) in [6.45, 7) is 0. The molecule has 3 aliphatic rings. The Morgan fingerprint density at radius 1 is 0.568 bits per heavy atom. The Morgan fingerprint density at radius 2 is 1.09 bits per heavy atom. The van der Waals surface area contributed by atoms with Crippen LogP contribution in [0.25, 0.3) is 33.6 Å². The molecule has 2 heterocycles. The molecule has 9 rings (SSSR count). The summed E-state index contributed by atoms with van der Waals surface area (Å²) < 4.78 is 6.81. The summed E-state index contributed by atoms with van der Waals surface area (Å²) in [5.41, 5.74) is 11.1. The summed E-state index contributed by atoms with van der Waals surface area (Å²) in [5.74, 6) is 2.67. The molecule has 5 aromatic carbocycles. The summed E-state index contributed by atoms with van der Waals surface area (Å²) in [4.78, 5) is 10.3. The van der Waals surface area contributed by atoms with Crippen molar-refractivity contribution in [2.24, 2.45) is 0 Å². The Balaban J connectivity index is 1.22. The van der Waals surface area contributed by atoms with Gasteiger partial charge in [0.15, 0.2) is 0 Å². The van der Waals surface area contributed by atoms with Gasteiger partial charge in [-0.1, -0.05) is 140 Å². The number of hydrogen-bond acceptors (Lipinski definition) is 3. The number of para-hydroxylation sites is 1. The summed E-state index contributed by atoms with van der Waals surface area (Å²) in [7, 11) is 0. The van der Waals surface area contributed by atoms with Gasteiger partial charge in [-0.3, -0.25) is 0 Å². The van der Waals surface area contributed by atoms with Gasteiger partial charge in [-0.2, -0.15) is 0 Å². The van der Waals surface area contributed by atoms with Crippen LogP contribution >= 0.6 is 0 Å². The van der Waals surface area contributed by atoms with E-state index in [9.17, 15) is 0 Å². The van der Waals surface area contributed by atoms with E-state index in [0.717, 1.165) is 39.8 Å². The number of nitrogens with zero attached hydrogens (tertiary/aromatic N) is 2. The van der Waals surface area contributed by atoms with E-state index in [1.165, 1.54) is 33.4 Å². The molecule has 6 aromatic rings. The molecule has 3 heteroatoms. The minimum absolute atomic E-state index is 0.0333. The second-order valence-corrected chi connectivity index (χ2v) is 11.7. The van der Waals surface area contributed by atoms with Gasteiger partial charge in [-0.15, -0.1) is 0 Å². The third kappa shape index (κ3) is 3.62. The number of ether oxygens (including phenoxy) is 1. The monoisotopic (exact) mass is 564 g/mol. The van der Waals surface area contributed by atoms with Crippen LogP contribution in [0.2, 0.25) is 0 Å². The number of rotatable bonds is 3. The van der Waals surface area contributed by atoms with Crippen LogP contribution < -0.4 is 4.74 Å². The van der Waals surface area contributed by atoms with Gasteiger partial charge in [0.05, 0.1) is 16.8 Å². The first-order valence-corrected chi connectivity index (χ1v) is 15.2. The van der Waals surface area contributed by atoms with Crippen LogP contribution in [-0.4, -0.2) is 9.97 Å². The third-order valence-corrected chi connectivity index (χ3v) is 9.30. The fourth-order valence-electron chi connectivity index (χ4n) is 7.40. The lowest BCUT2D eigenvalue weighted by atomic mass is 9.64. The molecule has 1 atom stereocenters. The van der Waals surface area contributed by atoms with Crippen molar-refractivity contribution >= 4 is 0 Å². The largest absolute Gasteiger partial charge is 0.461 e. The topological polar surface area (TPSA) is 35.0 Å². The summed E-state index contributed by atoms with van der Waals surface area (Å²) in [6.07, 6.45) is 5.26. The van der Waals surface area contributed by atoms with Gasteiger partial charge in [-0.25, -0.2) is 9.97 Å². The third-order valence-electron chi connectivity index (χ3n) is 9.30. The highest BCUT2D eigenvalue weighted by molar-refractivity contribution is 5.88. The average molecular weight is 565 g/mol. The van der Waals surface area contributed by atoms with E-state index in [2.05, 4.69) is 140 Å². The maximum Gasteiger partial charge on any atom is 0.136 e. The fraction of sp³-hybridized carbons (Fsp3) is 0.0732. The molecule has 44 heavy (non-hydrogen) atoms. The van der Waals surface area contributed by atoms with Crippen molar-refractivity contribution < 1.29 is 4.74 Å². The molecular weight excluding hydrogens is 536 g/mol. The molecular formula is C41H28N2O. The summed E-state index contributed by atoms with van der Waals surface area (Å²) in [6, 6.07) is 49.1. The minimum atomic E-state index is -0.444. The van der Waals surface area contributed by atoms with Crippen LogP contribution in [0.15, 0.2) is 163 Å². The smallest absolute Gasteiger partial charge is 0.136 e. The zero-order chi connectivity index (χ0) is 29.1. The van der Waals surface area contributed by atoms with E-state index < -0.39 is 5.41 Å². The van der Waals surface area contributed by atoms with Gasteiger partial charge in [0, 0.05) is 34.6 Å². The van der Waals surface area contributed by atoms with Crippen LogP contribution in [-0.2, 0) is 5.41 Å². The van der Waals surface area contributed by atoms with Gasteiger partial charge in [0.25, 0.3) is 0 Å². The van der Waals surface area contributed by atoms with Crippen LogP contribution in [0.4, 0.5) is 0 Å². The Kier molecular flexibility index (Phi) is 5.54. The van der Waals surface area contributed by atoms with Crippen LogP contribution in [0, 0.1) is 0 Å². The van der Waals surface area contributed by atoms with Crippen molar-refractivity contribution in [2.45, 2.75) is 17.8 Å². The predicted molar refractivity (Wildman–Crippen MR) is 175 cm³/mol. The normalized spacial score (nSPS) is 17.0. The first-order chi connectivity index (χ1) is 21.8. The zero-order valence-electron chi connectivity index (χ0n) is 24.0. The van der Waals surface area contributed by atoms with Gasteiger partial charge >= 0.3 is 0 Å². The number of fused-ring (bicyclic) bond motifs is 8. The molecule has 0 saturated heterocycles. The van der Waals surface area contributed by atoms with E-state index in [1.807, 2.05) is 12.1 Å². The molecule has 1 aromatic heterocycles. The highest BCUT2D eigenvalue weighted by atomic mass is 16.5. The Bertz CT molecular complexity index is 2020. The van der Waals surface area contributed by atoms with Gasteiger partial charge < -0.3 is 4.74 Å². The quantitative estimate of drug-likeness (QED) is 0.215. The van der Waals surface area contributed by atoms with E-state index in [-0.39, 0.29) is 5.92 Å². The number of aromatic nitrogens is 2. The highest BCUT2D eigenvalue weighted by Gasteiger charge is 2.52. The Morgan fingerprint density at radius 3 is 1.70 bits per heavy atom. The molecule has 0 N–H and O–H groups in total. The van der Waals surface area contributed by atoms with Crippen molar-refractivity contribution in [3.8, 4) is 39.4 Å². The van der Waals surface area contributed by atoms with Crippen molar-refractivity contribution in [3.05, 3.63) is 186 Å². The lowest BCUT2D eigenvalue weighted by molar-refractivity contribution is 0.355. The molecule has 3 nitrogen and oxygen atoms in total. The molecule has 0 fully saturated rings. The van der Waals surface area contributed by atoms with Gasteiger partial charge in [-0.05, 0) is 34.4 Å². The lowest BCUT2D eigenvalue weighted by Crippen LogP contribution is -2.35. The molecule has 0 amide bonds. The Hall–Kier alpha value is -5.54. The number of allylic oxidation sites excluding steroid dienone is 4. The SMILES string of the molecule is C1=CC(c2nc(-c3ccccc3)cc(-c3ccccc3)n2)CC2=C1C1(c3ccccc3O2)c2ccccc2-c2ccccc21. The number of benzene rings is 5. The molecule has 0 radical (unpaired) electrons. The molecule has 1 spiro atoms. The maximum atomic E-state index is 6.81. The first-order valence-electron chi connectivity index (χ1n) is 15.2. The predicted octanol–water partition coefficient (Wildman–Crippen LogP) is 9.52. The molecule has 1 aliphatic heterocycles. The van der Waals surface area contributed by atoms with Gasteiger partial charge in [0.1, 0.15) is 17.3 Å². The number of hydrogen-bond donors (Lipinski definition) is 0. The van der Waals surface area contributed by atoms with Crippen LogP contribution in [0.3, 0.4) is 0 Å². The average Bonchev–Trinajstić information content (AvgIpc) is 3.39. The van der Waals surface area contributed by atoms with E-state index in [4.69, 9.17) is 14.7 Å². The molecule has 2 aliphatic carbocycles. The first kappa shape index (κ1) is 25.0. The van der Waals surface area contributed by atoms with E-state index in [1.54, 1.807) is 0 Å². The van der Waals surface area contributed by atoms with E-state index >= 15 is 0 Å². The van der Waals surface area contributed by atoms with Crippen molar-refractivity contribution in [3.63, 3.8) is 0 Å². The maximum absolute atomic E-state index is 6.81. The molecule has 208 valence electrons. The zero-order valence-corrected chi connectivity index (χ0v) is 24.0. The Labute approximate surface area is 256 Å². The fourth-order valence-corrected chi connectivity index (χ4v) is 7.40. The van der Waals surface area contributed by atoms with E-state index in [0.29, 0.717) is 6.42 Å². The standard InChI is InChI=1S/C41H28N2O/c1-3-13-27(14-4-1)36-26-37(28-15-5-2-6-16-28)43-40(42-36)29-23-24-35-39(25-29)44-38-22-12-11-21-34(38)41(35)32-19-9-7-17-30(32)31-18-8-10-20-33(31)41/h1-24,26,29H,25H2. The van der Waals surface area contributed by atoms with Crippen molar-refractivity contribution in [2.75, 3.05) is 0 Å². The van der Waals surface area contributed by atoms with Crippen LogP contribution in [0.1, 0.15) is 34.9 Å². The lowest BCUT2D eigenvalue weighted by Gasteiger charge is -2.42. The molecule has 0 bridgehead atoms. The minimum Gasteiger partial charge on any atom is -0.461 e. The van der Waals surface area contributed by atoms with Gasteiger partial charge in [0.2, 0.25) is 0 Å². The van der Waals surface area contributed by atoms with Crippen LogP contribution in [0.5, 0.6) is 5.75 Å². The summed E-state index contributed by atoms with van der Waals surface area (Å²) >= 11 is 0. The van der Waals surface area contributed by atoms with Crippen molar-refractivity contribution in [1.82, 2.24) is 9.97 Å². The molecule has 0 saturated carbocycles. The molecule has 1 unspecified atom stereocenters. The second kappa shape index (κ2) is 9.75. The second-order valence-electron chi connectivity index (χ2n) is 11.7.